The summed E-state index contributed by atoms with van der Waals surface area (Å²) in [5.74, 6) is -0.277. The maximum atomic E-state index is 11.2. The molecule has 102 valence electrons. The molecule has 0 aliphatic carbocycles. The fourth-order valence-electron chi connectivity index (χ4n) is 1.23. The first-order chi connectivity index (χ1) is 8.02. The minimum absolute atomic E-state index is 0.132. The number of carbonyl (C=O) groups excluding carboxylic acids is 1. The molecule has 0 heterocycles. The van der Waals surface area contributed by atoms with Crippen molar-refractivity contribution in [2.24, 2.45) is 0 Å². The van der Waals surface area contributed by atoms with Gasteiger partial charge in [-0.05, 0) is 13.3 Å². The Labute approximate surface area is 103 Å². The highest BCUT2D eigenvalue weighted by molar-refractivity contribution is 5.71. The van der Waals surface area contributed by atoms with Crippen LogP contribution in [0.5, 0.6) is 0 Å². The summed E-state index contributed by atoms with van der Waals surface area (Å²) in [5, 5.41) is 12.8. The van der Waals surface area contributed by atoms with Crippen LogP contribution in [-0.4, -0.2) is 50.1 Å². The predicted molar refractivity (Wildman–Crippen MR) is 65.9 cm³/mol. The smallest absolute Gasteiger partial charge is 0.319 e. The van der Waals surface area contributed by atoms with Gasteiger partial charge in [0.15, 0.2) is 0 Å². The third-order valence-corrected chi connectivity index (χ3v) is 2.38. The molecule has 0 fully saturated rings. The lowest BCUT2D eigenvalue weighted by Gasteiger charge is -2.23. The Hall–Kier alpha value is -0.650. The first-order valence-electron chi connectivity index (χ1n) is 6.09. The Balaban J connectivity index is 3.57. The van der Waals surface area contributed by atoms with Crippen molar-refractivity contribution in [1.82, 2.24) is 5.32 Å². The van der Waals surface area contributed by atoms with E-state index < -0.39 is 5.60 Å². The summed E-state index contributed by atoms with van der Waals surface area (Å²) in [7, 11) is 1.59. The SMILES string of the molecule is CCCCOC(=O)CNCC(C)(O)CCOC. The fourth-order valence-corrected chi connectivity index (χ4v) is 1.23. The van der Waals surface area contributed by atoms with Gasteiger partial charge < -0.3 is 19.9 Å². The molecule has 1 atom stereocenters. The van der Waals surface area contributed by atoms with Crippen LogP contribution in [0.4, 0.5) is 0 Å². The topological polar surface area (TPSA) is 67.8 Å². The monoisotopic (exact) mass is 247 g/mol. The maximum absolute atomic E-state index is 11.2. The Morgan fingerprint density at radius 2 is 2.12 bits per heavy atom. The van der Waals surface area contributed by atoms with Crippen LogP contribution >= 0.6 is 0 Å². The molecule has 0 aromatic rings. The molecule has 0 bridgehead atoms. The lowest BCUT2D eigenvalue weighted by Crippen LogP contribution is -2.41. The van der Waals surface area contributed by atoms with Gasteiger partial charge in [0.05, 0.1) is 18.8 Å². The van der Waals surface area contributed by atoms with E-state index in [4.69, 9.17) is 9.47 Å². The number of hydrogen-bond donors (Lipinski definition) is 2. The average molecular weight is 247 g/mol. The number of rotatable bonds is 10. The molecule has 0 aliphatic heterocycles. The van der Waals surface area contributed by atoms with Gasteiger partial charge in [-0.15, -0.1) is 0 Å². The van der Waals surface area contributed by atoms with Crippen molar-refractivity contribution < 1.29 is 19.4 Å². The third-order valence-electron chi connectivity index (χ3n) is 2.38. The summed E-state index contributed by atoms with van der Waals surface area (Å²) in [6.45, 7) is 5.19. The predicted octanol–water partition coefficient (Wildman–Crippen LogP) is 0.707. The quantitative estimate of drug-likeness (QED) is 0.439. The van der Waals surface area contributed by atoms with Gasteiger partial charge in [0.2, 0.25) is 0 Å². The van der Waals surface area contributed by atoms with Gasteiger partial charge in [-0.3, -0.25) is 4.79 Å². The highest BCUT2D eigenvalue weighted by atomic mass is 16.5. The number of ether oxygens (including phenoxy) is 2. The summed E-state index contributed by atoms with van der Waals surface area (Å²) in [4.78, 5) is 11.2. The van der Waals surface area contributed by atoms with Crippen molar-refractivity contribution in [3.8, 4) is 0 Å². The second-order valence-corrected chi connectivity index (χ2v) is 4.42. The first-order valence-corrected chi connectivity index (χ1v) is 6.09. The molecule has 0 spiro atoms. The van der Waals surface area contributed by atoms with Gasteiger partial charge in [-0.25, -0.2) is 0 Å². The van der Waals surface area contributed by atoms with E-state index in [2.05, 4.69) is 5.32 Å². The van der Waals surface area contributed by atoms with Crippen LogP contribution < -0.4 is 5.32 Å². The van der Waals surface area contributed by atoms with Gasteiger partial charge >= 0.3 is 5.97 Å². The van der Waals surface area contributed by atoms with Crippen LogP contribution in [0.1, 0.15) is 33.1 Å². The van der Waals surface area contributed by atoms with Crippen LogP contribution in [0.3, 0.4) is 0 Å². The fraction of sp³-hybridized carbons (Fsp3) is 0.917. The van der Waals surface area contributed by atoms with E-state index in [-0.39, 0.29) is 12.5 Å². The number of nitrogens with one attached hydrogen (secondary N) is 1. The molecule has 0 saturated heterocycles. The van der Waals surface area contributed by atoms with Crippen molar-refractivity contribution in [3.63, 3.8) is 0 Å². The Bertz CT molecular complexity index is 207. The molecule has 5 nitrogen and oxygen atoms in total. The lowest BCUT2D eigenvalue weighted by atomic mass is 10.0. The summed E-state index contributed by atoms with van der Waals surface area (Å²) < 4.78 is 9.86. The minimum Gasteiger partial charge on any atom is -0.465 e. The van der Waals surface area contributed by atoms with Gasteiger partial charge in [-0.1, -0.05) is 13.3 Å². The Morgan fingerprint density at radius 1 is 1.41 bits per heavy atom. The largest absolute Gasteiger partial charge is 0.465 e. The zero-order valence-corrected chi connectivity index (χ0v) is 11.1. The normalized spacial score (nSPS) is 14.4. The summed E-state index contributed by atoms with van der Waals surface area (Å²) in [6, 6.07) is 0. The third kappa shape index (κ3) is 10.2. The summed E-state index contributed by atoms with van der Waals surface area (Å²) in [5.41, 5.74) is -0.861. The summed E-state index contributed by atoms with van der Waals surface area (Å²) >= 11 is 0. The van der Waals surface area contributed by atoms with Crippen LogP contribution in [0, 0.1) is 0 Å². The molecule has 0 aromatic heterocycles. The van der Waals surface area contributed by atoms with Crippen LogP contribution in [0.25, 0.3) is 0 Å². The number of hydrogen-bond acceptors (Lipinski definition) is 5. The molecular formula is C12H25NO4. The van der Waals surface area contributed by atoms with Crippen LogP contribution in [0.15, 0.2) is 0 Å². The number of carbonyl (C=O) groups is 1. The highest BCUT2D eigenvalue weighted by Crippen LogP contribution is 2.07. The van der Waals surface area contributed by atoms with E-state index >= 15 is 0 Å². The molecule has 1 unspecified atom stereocenters. The molecule has 0 rings (SSSR count). The number of methoxy groups -OCH3 is 1. The average Bonchev–Trinajstić information content (AvgIpc) is 2.26. The van der Waals surface area contributed by atoms with Crippen molar-refractivity contribution in [2.45, 2.75) is 38.7 Å². The van der Waals surface area contributed by atoms with Gasteiger partial charge in [0.25, 0.3) is 0 Å². The zero-order chi connectivity index (χ0) is 13.1. The maximum Gasteiger partial charge on any atom is 0.319 e. The van der Waals surface area contributed by atoms with Crippen molar-refractivity contribution in [3.05, 3.63) is 0 Å². The molecule has 2 N–H and O–H groups in total. The van der Waals surface area contributed by atoms with E-state index in [9.17, 15) is 9.90 Å². The van der Waals surface area contributed by atoms with E-state index in [0.29, 0.717) is 26.2 Å². The molecule has 0 radical (unpaired) electrons. The van der Waals surface area contributed by atoms with E-state index in [1.165, 1.54) is 0 Å². The lowest BCUT2D eigenvalue weighted by molar-refractivity contribution is -0.142. The van der Waals surface area contributed by atoms with Gasteiger partial charge in [0, 0.05) is 26.7 Å². The van der Waals surface area contributed by atoms with Crippen molar-refractivity contribution in [1.29, 1.82) is 0 Å². The van der Waals surface area contributed by atoms with Crippen LogP contribution in [0.2, 0.25) is 0 Å². The van der Waals surface area contributed by atoms with E-state index in [1.54, 1.807) is 14.0 Å². The molecule has 0 aromatic carbocycles. The highest BCUT2D eigenvalue weighted by Gasteiger charge is 2.19. The second kappa shape index (κ2) is 9.39. The van der Waals surface area contributed by atoms with E-state index in [0.717, 1.165) is 12.8 Å². The molecule has 17 heavy (non-hydrogen) atoms. The first kappa shape index (κ1) is 16.4. The minimum atomic E-state index is -0.861. The standard InChI is InChI=1S/C12H25NO4/c1-4-5-7-17-11(14)9-13-10-12(2,15)6-8-16-3/h13,15H,4-10H2,1-3H3. The number of unbranched alkanes of at least 4 members (excludes halogenated alkanes) is 1. The van der Waals surface area contributed by atoms with Gasteiger partial charge in [-0.2, -0.15) is 0 Å². The molecule has 5 heteroatoms. The van der Waals surface area contributed by atoms with Crippen molar-refractivity contribution >= 4 is 5.97 Å². The molecule has 0 saturated carbocycles. The van der Waals surface area contributed by atoms with E-state index in [1.807, 2.05) is 6.92 Å². The second-order valence-electron chi connectivity index (χ2n) is 4.42. The van der Waals surface area contributed by atoms with Gasteiger partial charge in [0.1, 0.15) is 0 Å². The Kier molecular flexibility index (Phi) is 9.03. The van der Waals surface area contributed by atoms with Crippen molar-refractivity contribution in [2.75, 3.05) is 33.4 Å². The van der Waals surface area contributed by atoms with Crippen LogP contribution in [-0.2, 0) is 14.3 Å². The number of aliphatic hydroxyl groups is 1. The summed E-state index contributed by atoms with van der Waals surface area (Å²) in [6.07, 6.45) is 2.42. The Morgan fingerprint density at radius 3 is 2.71 bits per heavy atom. The molecule has 0 amide bonds. The zero-order valence-electron chi connectivity index (χ0n) is 11.1. The molecule has 0 aliphatic rings. The number of esters is 1. The molecular weight excluding hydrogens is 222 g/mol.